The topological polar surface area (TPSA) is 12.0 Å². The van der Waals surface area contributed by atoms with E-state index in [2.05, 4.69) is 45.5 Å². The van der Waals surface area contributed by atoms with Gasteiger partial charge in [0, 0.05) is 16.1 Å². The minimum atomic E-state index is -0.141. The van der Waals surface area contributed by atoms with Crippen molar-refractivity contribution in [3.8, 4) is 0 Å². The zero-order valence-corrected chi connectivity index (χ0v) is 12.9. The summed E-state index contributed by atoms with van der Waals surface area (Å²) in [5.74, 6) is 0.868. The van der Waals surface area contributed by atoms with Gasteiger partial charge in [0.1, 0.15) is 5.82 Å². The maximum atomic E-state index is 14.1. The molecule has 1 nitrogen and oxygen atoms in total. The van der Waals surface area contributed by atoms with E-state index in [0.29, 0.717) is 11.8 Å². The molecule has 1 N–H and O–H groups in total. The van der Waals surface area contributed by atoms with Gasteiger partial charge in [-0.25, -0.2) is 4.39 Å². The highest BCUT2D eigenvalue weighted by atomic mass is 79.9. The Morgan fingerprint density at radius 1 is 1.20 bits per heavy atom. The highest BCUT2D eigenvalue weighted by Gasteiger charge is 2.44. The first kappa shape index (κ1) is 13.8. The van der Waals surface area contributed by atoms with E-state index in [1.807, 2.05) is 25.2 Å². The molecule has 104 valence electrons. The Labute approximate surface area is 127 Å². The van der Waals surface area contributed by atoms with Crippen molar-refractivity contribution < 1.29 is 4.39 Å². The summed E-state index contributed by atoms with van der Waals surface area (Å²) in [4.78, 5) is 0. The molecule has 0 heterocycles. The molecule has 0 aromatic heterocycles. The third-order valence-electron chi connectivity index (χ3n) is 4.10. The van der Waals surface area contributed by atoms with E-state index in [-0.39, 0.29) is 11.9 Å². The van der Waals surface area contributed by atoms with Gasteiger partial charge in [-0.15, -0.1) is 0 Å². The van der Waals surface area contributed by atoms with Gasteiger partial charge in [-0.05, 0) is 43.0 Å². The summed E-state index contributed by atoms with van der Waals surface area (Å²) in [6.07, 6.45) is 1.12. The van der Waals surface area contributed by atoms with Gasteiger partial charge >= 0.3 is 0 Å². The Bertz CT molecular complexity index is 599. The molecule has 3 heteroatoms. The summed E-state index contributed by atoms with van der Waals surface area (Å²) in [5.41, 5.74) is 2.12. The van der Waals surface area contributed by atoms with E-state index < -0.39 is 0 Å². The zero-order chi connectivity index (χ0) is 14.1. The predicted molar refractivity (Wildman–Crippen MR) is 83.2 cm³/mol. The van der Waals surface area contributed by atoms with Crippen molar-refractivity contribution in [1.29, 1.82) is 0 Å². The Morgan fingerprint density at radius 3 is 2.60 bits per heavy atom. The van der Waals surface area contributed by atoms with E-state index >= 15 is 0 Å². The highest BCUT2D eigenvalue weighted by Crippen LogP contribution is 2.54. The van der Waals surface area contributed by atoms with Crippen molar-refractivity contribution in [2.75, 3.05) is 7.05 Å². The fraction of sp³-hybridized carbons (Fsp3) is 0.294. The van der Waals surface area contributed by atoms with Crippen LogP contribution in [0.15, 0.2) is 53.0 Å². The average Bonchev–Trinajstić information content (AvgIpc) is 3.23. The van der Waals surface area contributed by atoms with E-state index in [1.165, 1.54) is 5.56 Å². The van der Waals surface area contributed by atoms with Gasteiger partial charge in [0.15, 0.2) is 0 Å². The molecule has 0 radical (unpaired) electrons. The molecule has 0 spiro atoms. The summed E-state index contributed by atoms with van der Waals surface area (Å²) < 4.78 is 14.9. The molecule has 0 bridgehead atoms. The molecule has 20 heavy (non-hydrogen) atoms. The summed E-state index contributed by atoms with van der Waals surface area (Å²) in [6.45, 7) is 0. The maximum Gasteiger partial charge on any atom is 0.129 e. The first-order valence-corrected chi connectivity index (χ1v) is 7.67. The SMILES string of the molecule is CNC(c1ccc(Br)cc1F)C1CC1c1ccccc1. The van der Waals surface area contributed by atoms with Crippen molar-refractivity contribution in [3.63, 3.8) is 0 Å². The van der Waals surface area contributed by atoms with Crippen LogP contribution in [0.2, 0.25) is 0 Å². The molecular weight excluding hydrogens is 317 g/mol. The van der Waals surface area contributed by atoms with Crippen molar-refractivity contribution >= 4 is 15.9 Å². The van der Waals surface area contributed by atoms with Crippen molar-refractivity contribution in [3.05, 3.63) is 69.9 Å². The van der Waals surface area contributed by atoms with Crippen molar-refractivity contribution in [1.82, 2.24) is 5.32 Å². The number of hydrogen-bond donors (Lipinski definition) is 1. The summed E-state index contributed by atoms with van der Waals surface area (Å²) in [5, 5.41) is 3.29. The highest BCUT2D eigenvalue weighted by molar-refractivity contribution is 9.10. The number of hydrogen-bond acceptors (Lipinski definition) is 1. The van der Waals surface area contributed by atoms with E-state index in [0.717, 1.165) is 16.5 Å². The molecule has 0 aliphatic heterocycles. The normalized spacial score (nSPS) is 22.6. The number of nitrogens with one attached hydrogen (secondary N) is 1. The maximum absolute atomic E-state index is 14.1. The molecule has 3 atom stereocenters. The van der Waals surface area contributed by atoms with Crippen LogP contribution in [-0.2, 0) is 0 Å². The summed E-state index contributed by atoms with van der Waals surface area (Å²) in [6, 6.07) is 15.9. The van der Waals surface area contributed by atoms with E-state index in [9.17, 15) is 4.39 Å². The van der Waals surface area contributed by atoms with E-state index in [4.69, 9.17) is 0 Å². The standard InChI is InChI=1S/C17H17BrFN/c1-20-17(13-8-7-12(18)9-16(13)19)15-10-14(15)11-5-3-2-4-6-11/h2-9,14-15,17,20H,10H2,1H3. The van der Waals surface area contributed by atoms with Gasteiger partial charge in [-0.2, -0.15) is 0 Å². The first-order valence-electron chi connectivity index (χ1n) is 6.88. The van der Waals surface area contributed by atoms with Gasteiger partial charge in [0.2, 0.25) is 0 Å². The minimum absolute atomic E-state index is 0.0771. The average molecular weight is 334 g/mol. The Hall–Kier alpha value is -1.19. The monoisotopic (exact) mass is 333 g/mol. The molecule has 3 unspecified atom stereocenters. The third kappa shape index (κ3) is 2.65. The molecule has 2 aromatic carbocycles. The van der Waals surface area contributed by atoms with Crippen LogP contribution in [0, 0.1) is 11.7 Å². The molecule has 3 rings (SSSR count). The molecule has 0 saturated heterocycles. The van der Waals surface area contributed by atoms with Gasteiger partial charge < -0.3 is 5.32 Å². The number of rotatable bonds is 4. The van der Waals surface area contributed by atoms with Crippen LogP contribution in [0.3, 0.4) is 0 Å². The lowest BCUT2D eigenvalue weighted by atomic mass is 9.98. The van der Waals surface area contributed by atoms with Gasteiger partial charge in [0.25, 0.3) is 0 Å². The smallest absolute Gasteiger partial charge is 0.129 e. The van der Waals surface area contributed by atoms with Crippen LogP contribution >= 0.6 is 15.9 Å². The van der Waals surface area contributed by atoms with Crippen LogP contribution < -0.4 is 5.32 Å². The molecular formula is C17H17BrFN. The van der Waals surface area contributed by atoms with Crippen molar-refractivity contribution in [2.45, 2.75) is 18.4 Å². The molecule has 1 fully saturated rings. The molecule has 1 saturated carbocycles. The number of halogens is 2. The fourth-order valence-electron chi connectivity index (χ4n) is 3.02. The third-order valence-corrected chi connectivity index (χ3v) is 4.60. The van der Waals surface area contributed by atoms with Gasteiger partial charge in [-0.1, -0.05) is 52.3 Å². The van der Waals surface area contributed by atoms with Crippen LogP contribution in [0.4, 0.5) is 4.39 Å². The first-order chi connectivity index (χ1) is 9.70. The lowest BCUT2D eigenvalue weighted by molar-refractivity contribution is 0.484. The van der Waals surface area contributed by atoms with Crippen molar-refractivity contribution in [2.24, 2.45) is 5.92 Å². The number of benzene rings is 2. The molecule has 0 amide bonds. The second-order valence-corrected chi connectivity index (χ2v) is 6.26. The summed E-state index contributed by atoms with van der Waals surface area (Å²) in [7, 11) is 1.91. The Morgan fingerprint density at radius 2 is 1.95 bits per heavy atom. The lowest BCUT2D eigenvalue weighted by Crippen LogP contribution is -2.20. The molecule has 2 aromatic rings. The van der Waals surface area contributed by atoms with Crippen LogP contribution in [0.5, 0.6) is 0 Å². The zero-order valence-electron chi connectivity index (χ0n) is 11.3. The second-order valence-electron chi connectivity index (χ2n) is 5.35. The van der Waals surface area contributed by atoms with Gasteiger partial charge in [-0.3, -0.25) is 0 Å². The van der Waals surface area contributed by atoms with Crippen LogP contribution in [0.1, 0.15) is 29.5 Å². The second kappa shape index (κ2) is 5.66. The van der Waals surface area contributed by atoms with Gasteiger partial charge in [0.05, 0.1) is 0 Å². The summed E-state index contributed by atoms with van der Waals surface area (Å²) >= 11 is 3.31. The van der Waals surface area contributed by atoms with Crippen LogP contribution in [-0.4, -0.2) is 7.05 Å². The molecule has 1 aliphatic rings. The Kier molecular flexibility index (Phi) is 3.90. The minimum Gasteiger partial charge on any atom is -0.313 e. The Balaban J connectivity index is 1.82. The predicted octanol–water partition coefficient (Wildman–Crippen LogP) is 4.65. The largest absolute Gasteiger partial charge is 0.313 e. The van der Waals surface area contributed by atoms with E-state index in [1.54, 1.807) is 6.07 Å². The van der Waals surface area contributed by atoms with Crippen LogP contribution in [0.25, 0.3) is 0 Å². The quantitative estimate of drug-likeness (QED) is 0.858. The molecule has 1 aliphatic carbocycles. The fourth-order valence-corrected chi connectivity index (χ4v) is 3.35. The lowest BCUT2D eigenvalue weighted by Gasteiger charge is -2.18.